The second-order valence-electron chi connectivity index (χ2n) is 6.21. The molecule has 1 aromatic carbocycles. The highest BCUT2D eigenvalue weighted by molar-refractivity contribution is 5.96. The summed E-state index contributed by atoms with van der Waals surface area (Å²) < 4.78 is 10.9. The van der Waals surface area contributed by atoms with Crippen LogP contribution in [0.3, 0.4) is 0 Å². The van der Waals surface area contributed by atoms with E-state index in [9.17, 15) is 9.59 Å². The lowest BCUT2D eigenvalue weighted by Crippen LogP contribution is -2.50. The van der Waals surface area contributed by atoms with Gasteiger partial charge in [-0.05, 0) is 36.8 Å². The molecule has 4 rings (SSSR count). The Hall–Kier alpha value is -3.02. The summed E-state index contributed by atoms with van der Waals surface area (Å²) in [6.45, 7) is 3.89. The maximum Gasteiger partial charge on any atom is 0.289 e. The zero-order chi connectivity index (χ0) is 17.4. The fourth-order valence-corrected chi connectivity index (χ4v) is 3.07. The molecule has 1 fully saturated rings. The molecule has 128 valence electrons. The summed E-state index contributed by atoms with van der Waals surface area (Å²) in [5, 5.41) is 0.917. The molecule has 25 heavy (non-hydrogen) atoms. The first-order valence-corrected chi connectivity index (χ1v) is 8.24. The number of furan rings is 2. The number of piperazine rings is 1. The van der Waals surface area contributed by atoms with Crippen molar-refractivity contribution in [3.05, 3.63) is 59.7 Å². The van der Waals surface area contributed by atoms with Gasteiger partial charge in [0.15, 0.2) is 11.5 Å². The summed E-state index contributed by atoms with van der Waals surface area (Å²) in [5.74, 6) is 0.383. The van der Waals surface area contributed by atoms with E-state index in [2.05, 4.69) is 0 Å². The van der Waals surface area contributed by atoms with Crippen LogP contribution in [0.5, 0.6) is 0 Å². The van der Waals surface area contributed by atoms with E-state index in [0.717, 1.165) is 16.5 Å². The van der Waals surface area contributed by atoms with Crippen LogP contribution in [0, 0.1) is 6.92 Å². The first-order valence-electron chi connectivity index (χ1n) is 8.24. The van der Waals surface area contributed by atoms with Gasteiger partial charge in [-0.25, -0.2) is 0 Å². The van der Waals surface area contributed by atoms with E-state index in [-0.39, 0.29) is 11.8 Å². The van der Waals surface area contributed by atoms with E-state index in [1.54, 1.807) is 28.0 Å². The summed E-state index contributed by atoms with van der Waals surface area (Å²) in [6, 6.07) is 11.0. The predicted octanol–water partition coefficient (Wildman–Crippen LogP) is 2.93. The van der Waals surface area contributed by atoms with Crippen LogP contribution in [0.1, 0.15) is 26.7 Å². The second-order valence-corrected chi connectivity index (χ2v) is 6.21. The van der Waals surface area contributed by atoms with Gasteiger partial charge in [0, 0.05) is 31.6 Å². The molecule has 0 aliphatic carbocycles. The Morgan fingerprint density at radius 1 is 0.920 bits per heavy atom. The number of fused-ring (bicyclic) bond motifs is 1. The fourth-order valence-electron chi connectivity index (χ4n) is 3.07. The molecule has 0 saturated carbocycles. The second kappa shape index (κ2) is 6.12. The number of hydrogen-bond donors (Lipinski definition) is 0. The van der Waals surface area contributed by atoms with E-state index in [1.165, 1.54) is 6.26 Å². The number of rotatable bonds is 2. The highest BCUT2D eigenvalue weighted by Gasteiger charge is 2.28. The Balaban J connectivity index is 1.44. The highest BCUT2D eigenvalue weighted by Crippen LogP contribution is 2.22. The molecule has 0 bridgehead atoms. The summed E-state index contributed by atoms with van der Waals surface area (Å²) in [7, 11) is 0. The van der Waals surface area contributed by atoms with Crippen LogP contribution in [-0.4, -0.2) is 47.8 Å². The number of carbonyl (C=O) groups excluding carboxylic acids is 2. The van der Waals surface area contributed by atoms with Gasteiger partial charge in [-0.1, -0.05) is 12.1 Å². The van der Waals surface area contributed by atoms with Crippen molar-refractivity contribution in [2.45, 2.75) is 6.92 Å². The molecule has 0 radical (unpaired) electrons. The van der Waals surface area contributed by atoms with Crippen LogP contribution in [0.25, 0.3) is 11.0 Å². The van der Waals surface area contributed by atoms with E-state index in [0.29, 0.717) is 37.7 Å². The molecule has 1 aliphatic rings. The molecular formula is C19H18N2O4. The van der Waals surface area contributed by atoms with Crippen LogP contribution < -0.4 is 0 Å². The lowest BCUT2D eigenvalue weighted by Gasteiger charge is -2.33. The molecule has 0 N–H and O–H groups in total. The predicted molar refractivity (Wildman–Crippen MR) is 91.5 cm³/mol. The van der Waals surface area contributed by atoms with Crippen molar-refractivity contribution in [1.29, 1.82) is 0 Å². The molecule has 0 spiro atoms. The Morgan fingerprint density at radius 2 is 1.60 bits per heavy atom. The molecule has 1 saturated heterocycles. The van der Waals surface area contributed by atoms with Gasteiger partial charge in [-0.3, -0.25) is 9.59 Å². The first-order chi connectivity index (χ1) is 12.1. The average molecular weight is 338 g/mol. The van der Waals surface area contributed by atoms with Crippen molar-refractivity contribution in [2.24, 2.45) is 0 Å². The van der Waals surface area contributed by atoms with Crippen LogP contribution in [0.15, 0.2) is 51.5 Å². The van der Waals surface area contributed by atoms with E-state index >= 15 is 0 Å². The normalized spacial score (nSPS) is 14.9. The minimum absolute atomic E-state index is 0.140. The van der Waals surface area contributed by atoms with Crippen LogP contribution in [-0.2, 0) is 0 Å². The number of amides is 2. The molecule has 1 aliphatic heterocycles. The van der Waals surface area contributed by atoms with Crippen molar-refractivity contribution >= 4 is 22.8 Å². The zero-order valence-corrected chi connectivity index (χ0v) is 13.9. The van der Waals surface area contributed by atoms with E-state index < -0.39 is 0 Å². The first kappa shape index (κ1) is 15.5. The maximum atomic E-state index is 12.7. The monoisotopic (exact) mass is 338 g/mol. The third-order valence-corrected chi connectivity index (χ3v) is 4.47. The van der Waals surface area contributed by atoms with E-state index in [1.807, 2.05) is 25.1 Å². The third-order valence-electron chi connectivity index (χ3n) is 4.47. The number of aryl methyl sites for hydroxylation is 1. The summed E-state index contributed by atoms with van der Waals surface area (Å²) in [5.41, 5.74) is 1.81. The van der Waals surface area contributed by atoms with Crippen molar-refractivity contribution in [1.82, 2.24) is 9.80 Å². The lowest BCUT2D eigenvalue weighted by atomic mass is 10.2. The molecule has 2 amide bonds. The average Bonchev–Trinajstić information content (AvgIpc) is 3.30. The van der Waals surface area contributed by atoms with Gasteiger partial charge < -0.3 is 18.6 Å². The molecular weight excluding hydrogens is 320 g/mol. The van der Waals surface area contributed by atoms with Gasteiger partial charge in [0.1, 0.15) is 5.58 Å². The molecule has 3 aromatic rings. The number of carbonyl (C=O) groups is 2. The Bertz CT molecular complexity index is 918. The quantitative estimate of drug-likeness (QED) is 0.720. The summed E-state index contributed by atoms with van der Waals surface area (Å²) in [4.78, 5) is 28.4. The Kier molecular flexibility index (Phi) is 3.80. The van der Waals surface area contributed by atoms with Crippen molar-refractivity contribution in [3.63, 3.8) is 0 Å². The van der Waals surface area contributed by atoms with Crippen molar-refractivity contribution in [3.8, 4) is 0 Å². The van der Waals surface area contributed by atoms with Crippen LogP contribution in [0.2, 0.25) is 0 Å². The molecule has 0 atom stereocenters. The molecule has 3 heterocycles. The summed E-state index contributed by atoms with van der Waals surface area (Å²) >= 11 is 0. The summed E-state index contributed by atoms with van der Waals surface area (Å²) in [6.07, 6.45) is 1.48. The SMILES string of the molecule is Cc1ccc2cc(C(=O)N3CCN(C(=O)c4ccco4)CC3)oc2c1. The molecule has 6 heteroatoms. The minimum atomic E-state index is -0.142. The van der Waals surface area contributed by atoms with Gasteiger partial charge in [0.05, 0.1) is 6.26 Å². The van der Waals surface area contributed by atoms with Crippen LogP contribution in [0.4, 0.5) is 0 Å². The van der Waals surface area contributed by atoms with Crippen LogP contribution >= 0.6 is 0 Å². The molecule has 6 nitrogen and oxygen atoms in total. The van der Waals surface area contributed by atoms with Gasteiger partial charge in [-0.2, -0.15) is 0 Å². The van der Waals surface area contributed by atoms with Crippen molar-refractivity contribution in [2.75, 3.05) is 26.2 Å². The minimum Gasteiger partial charge on any atom is -0.459 e. The largest absolute Gasteiger partial charge is 0.459 e. The Labute approximate surface area is 144 Å². The number of nitrogens with zero attached hydrogens (tertiary/aromatic N) is 2. The highest BCUT2D eigenvalue weighted by atomic mass is 16.3. The molecule has 2 aromatic heterocycles. The fraction of sp³-hybridized carbons (Fsp3) is 0.263. The number of hydrogen-bond acceptors (Lipinski definition) is 4. The van der Waals surface area contributed by atoms with Gasteiger partial charge in [0.2, 0.25) is 0 Å². The Morgan fingerprint density at radius 3 is 2.24 bits per heavy atom. The number of benzene rings is 1. The lowest BCUT2D eigenvalue weighted by molar-refractivity contribution is 0.0503. The molecule has 0 unspecified atom stereocenters. The third kappa shape index (κ3) is 2.91. The maximum absolute atomic E-state index is 12.7. The van der Waals surface area contributed by atoms with Gasteiger partial charge in [-0.15, -0.1) is 0 Å². The van der Waals surface area contributed by atoms with Gasteiger partial charge >= 0.3 is 0 Å². The standard InChI is InChI=1S/C19H18N2O4/c1-13-4-5-14-12-17(25-16(14)11-13)19(23)21-8-6-20(7-9-21)18(22)15-3-2-10-24-15/h2-5,10-12H,6-9H2,1H3. The van der Waals surface area contributed by atoms with Gasteiger partial charge in [0.25, 0.3) is 11.8 Å². The topological polar surface area (TPSA) is 66.9 Å². The van der Waals surface area contributed by atoms with E-state index in [4.69, 9.17) is 8.83 Å². The smallest absolute Gasteiger partial charge is 0.289 e. The zero-order valence-electron chi connectivity index (χ0n) is 13.9. The van der Waals surface area contributed by atoms with Crippen molar-refractivity contribution < 1.29 is 18.4 Å².